The molecule has 0 aliphatic rings. The Morgan fingerprint density at radius 2 is 2.12 bits per heavy atom. The van der Waals surface area contributed by atoms with Gasteiger partial charge in [-0.1, -0.05) is 30.0 Å². The molecular weight excluding hydrogens is 344 g/mol. The molecule has 0 spiro atoms. The van der Waals surface area contributed by atoms with Crippen LogP contribution in [0.15, 0.2) is 51.4 Å². The molecule has 0 aliphatic heterocycles. The first kappa shape index (κ1) is 16.2. The Kier molecular flexibility index (Phi) is 4.93. The maximum absolute atomic E-state index is 12.2. The van der Waals surface area contributed by atoms with Crippen LogP contribution < -0.4 is 5.32 Å². The van der Waals surface area contributed by atoms with Crippen molar-refractivity contribution in [2.45, 2.75) is 17.4 Å². The van der Waals surface area contributed by atoms with Gasteiger partial charge in [-0.2, -0.15) is 5.26 Å². The number of thioether (sulfide) groups is 1. The van der Waals surface area contributed by atoms with Crippen molar-refractivity contribution in [1.29, 1.82) is 5.26 Å². The molecule has 0 saturated heterocycles. The molecule has 120 valence electrons. The summed E-state index contributed by atoms with van der Waals surface area (Å²) in [6.45, 7) is 1.74. The Morgan fingerprint density at radius 3 is 2.88 bits per heavy atom. The molecule has 0 unspecified atom stereocenters. The molecule has 3 aromatic rings. The molecule has 3 rings (SSSR count). The molecule has 1 N–H and O–H groups in total. The number of anilines is 1. The van der Waals surface area contributed by atoms with E-state index in [9.17, 15) is 4.79 Å². The largest absolute Gasteiger partial charge is 0.411 e. The molecule has 6 nitrogen and oxygen atoms in total. The molecule has 0 aliphatic carbocycles. The van der Waals surface area contributed by atoms with Crippen LogP contribution in [0.4, 0.5) is 5.00 Å². The summed E-state index contributed by atoms with van der Waals surface area (Å²) in [6, 6.07) is 13.1. The van der Waals surface area contributed by atoms with Crippen molar-refractivity contribution >= 4 is 34.0 Å². The van der Waals surface area contributed by atoms with Crippen LogP contribution in [0.25, 0.3) is 11.5 Å². The van der Waals surface area contributed by atoms with Gasteiger partial charge in [0.25, 0.3) is 5.22 Å². The topological polar surface area (TPSA) is 91.8 Å². The van der Waals surface area contributed by atoms with E-state index >= 15 is 0 Å². The number of carbonyl (C=O) groups excluding carboxylic acids is 1. The van der Waals surface area contributed by atoms with Gasteiger partial charge in [-0.15, -0.1) is 21.5 Å². The minimum absolute atomic E-state index is 0.224. The zero-order valence-electron chi connectivity index (χ0n) is 12.6. The second-order valence-corrected chi connectivity index (χ2v) is 6.97. The first-order valence-corrected chi connectivity index (χ1v) is 8.77. The van der Waals surface area contributed by atoms with Gasteiger partial charge >= 0.3 is 0 Å². The van der Waals surface area contributed by atoms with Gasteiger partial charge in [-0.05, 0) is 30.5 Å². The molecule has 0 fully saturated rings. The SMILES string of the molecule is C[C@@H](Sc1nnc(-c2ccccc2)o1)C(=O)Nc1sccc1C#N. The van der Waals surface area contributed by atoms with E-state index in [0.717, 1.165) is 5.56 Å². The van der Waals surface area contributed by atoms with Gasteiger partial charge in [0.2, 0.25) is 11.8 Å². The van der Waals surface area contributed by atoms with Gasteiger partial charge in [0.05, 0.1) is 10.8 Å². The van der Waals surface area contributed by atoms with E-state index in [4.69, 9.17) is 9.68 Å². The van der Waals surface area contributed by atoms with Crippen LogP contribution in [0, 0.1) is 11.3 Å². The fourth-order valence-electron chi connectivity index (χ4n) is 1.87. The fraction of sp³-hybridized carbons (Fsp3) is 0.125. The second kappa shape index (κ2) is 7.29. The third-order valence-electron chi connectivity index (χ3n) is 3.10. The maximum atomic E-state index is 12.2. The predicted molar refractivity (Wildman–Crippen MR) is 92.7 cm³/mol. The van der Waals surface area contributed by atoms with Crippen molar-refractivity contribution in [2.75, 3.05) is 5.32 Å². The van der Waals surface area contributed by atoms with E-state index in [1.54, 1.807) is 18.4 Å². The van der Waals surface area contributed by atoms with Crippen molar-refractivity contribution in [2.24, 2.45) is 0 Å². The highest BCUT2D eigenvalue weighted by molar-refractivity contribution is 8.00. The van der Waals surface area contributed by atoms with E-state index in [1.807, 2.05) is 36.4 Å². The Hall–Kier alpha value is -2.63. The molecular formula is C16H12N4O2S2. The number of benzene rings is 1. The van der Waals surface area contributed by atoms with E-state index in [1.165, 1.54) is 23.1 Å². The number of hydrogen-bond acceptors (Lipinski definition) is 7. The lowest BCUT2D eigenvalue weighted by molar-refractivity contribution is -0.115. The number of nitriles is 1. The summed E-state index contributed by atoms with van der Waals surface area (Å²) in [5.41, 5.74) is 1.28. The standard InChI is InChI=1S/C16H12N4O2S2/c1-10(13(21)18-15-12(9-17)7-8-23-15)24-16-20-19-14(22-16)11-5-3-2-4-6-11/h2-8,10H,1H3,(H,18,21)/t10-/m1/s1. The normalized spacial score (nSPS) is 11.7. The van der Waals surface area contributed by atoms with Gasteiger partial charge in [-0.25, -0.2) is 0 Å². The zero-order chi connectivity index (χ0) is 16.9. The van der Waals surface area contributed by atoms with Crippen molar-refractivity contribution in [3.8, 4) is 17.5 Å². The molecule has 2 heterocycles. The lowest BCUT2D eigenvalue weighted by Crippen LogP contribution is -2.22. The summed E-state index contributed by atoms with van der Waals surface area (Å²) in [5, 5.41) is 21.9. The smallest absolute Gasteiger partial charge is 0.277 e. The Labute approximate surface area is 146 Å². The van der Waals surface area contributed by atoms with Crippen LogP contribution in [0.5, 0.6) is 0 Å². The summed E-state index contributed by atoms with van der Waals surface area (Å²) >= 11 is 2.48. The van der Waals surface area contributed by atoms with Gasteiger partial charge in [0.15, 0.2) is 0 Å². The van der Waals surface area contributed by atoms with E-state index < -0.39 is 5.25 Å². The molecule has 24 heavy (non-hydrogen) atoms. The highest BCUT2D eigenvalue weighted by Gasteiger charge is 2.20. The zero-order valence-corrected chi connectivity index (χ0v) is 14.2. The lowest BCUT2D eigenvalue weighted by Gasteiger charge is -2.08. The first-order valence-electron chi connectivity index (χ1n) is 7.01. The average molecular weight is 356 g/mol. The Balaban J connectivity index is 1.65. The van der Waals surface area contributed by atoms with Crippen LogP contribution in [-0.2, 0) is 4.79 Å². The number of nitrogens with zero attached hydrogens (tertiary/aromatic N) is 3. The molecule has 2 aromatic heterocycles. The van der Waals surface area contributed by atoms with Crippen LogP contribution in [0.1, 0.15) is 12.5 Å². The highest BCUT2D eigenvalue weighted by atomic mass is 32.2. The summed E-state index contributed by atoms with van der Waals surface area (Å²) in [4.78, 5) is 12.2. The predicted octanol–water partition coefficient (Wildman–Crippen LogP) is 3.79. The quantitative estimate of drug-likeness (QED) is 0.699. The van der Waals surface area contributed by atoms with E-state index in [-0.39, 0.29) is 5.91 Å². The number of aromatic nitrogens is 2. The minimum atomic E-state index is -0.442. The van der Waals surface area contributed by atoms with E-state index in [2.05, 4.69) is 15.5 Å². The third kappa shape index (κ3) is 3.64. The molecule has 1 amide bonds. The molecule has 1 aromatic carbocycles. The second-order valence-electron chi connectivity index (χ2n) is 4.76. The van der Waals surface area contributed by atoms with Gasteiger partial charge in [0, 0.05) is 5.56 Å². The number of rotatable bonds is 5. The molecule has 1 atom stereocenters. The summed E-state index contributed by atoms with van der Waals surface area (Å²) in [6.07, 6.45) is 0. The third-order valence-corrected chi connectivity index (χ3v) is 4.86. The Bertz CT molecular complexity index is 883. The summed E-state index contributed by atoms with van der Waals surface area (Å²) in [5.74, 6) is 0.189. The van der Waals surface area contributed by atoms with Gasteiger partial charge in [-0.3, -0.25) is 4.79 Å². The van der Waals surface area contributed by atoms with E-state index in [0.29, 0.717) is 21.7 Å². The summed E-state index contributed by atoms with van der Waals surface area (Å²) in [7, 11) is 0. The molecule has 8 heteroatoms. The van der Waals surface area contributed by atoms with Crippen LogP contribution in [0.3, 0.4) is 0 Å². The number of thiophene rings is 1. The van der Waals surface area contributed by atoms with Crippen molar-refractivity contribution < 1.29 is 9.21 Å². The van der Waals surface area contributed by atoms with Crippen LogP contribution in [0.2, 0.25) is 0 Å². The average Bonchev–Trinajstić information content (AvgIpc) is 3.24. The molecule has 0 radical (unpaired) electrons. The summed E-state index contributed by atoms with van der Waals surface area (Å²) < 4.78 is 5.58. The van der Waals surface area contributed by atoms with Gasteiger partial charge in [0.1, 0.15) is 11.1 Å². The highest BCUT2D eigenvalue weighted by Crippen LogP contribution is 2.28. The lowest BCUT2D eigenvalue weighted by atomic mass is 10.2. The number of nitrogens with one attached hydrogen (secondary N) is 1. The first-order chi connectivity index (χ1) is 11.7. The van der Waals surface area contributed by atoms with Crippen molar-refractivity contribution in [1.82, 2.24) is 10.2 Å². The Morgan fingerprint density at radius 1 is 1.33 bits per heavy atom. The fourth-order valence-corrected chi connectivity index (χ4v) is 3.29. The van der Waals surface area contributed by atoms with Crippen LogP contribution in [-0.4, -0.2) is 21.4 Å². The van der Waals surface area contributed by atoms with Gasteiger partial charge < -0.3 is 9.73 Å². The van der Waals surface area contributed by atoms with Crippen LogP contribution >= 0.6 is 23.1 Å². The minimum Gasteiger partial charge on any atom is -0.411 e. The number of amides is 1. The maximum Gasteiger partial charge on any atom is 0.277 e. The van der Waals surface area contributed by atoms with Crippen molar-refractivity contribution in [3.05, 3.63) is 47.3 Å². The molecule has 0 bridgehead atoms. The molecule has 0 saturated carbocycles. The number of hydrogen-bond donors (Lipinski definition) is 1. The monoisotopic (exact) mass is 356 g/mol. The van der Waals surface area contributed by atoms with Crippen molar-refractivity contribution in [3.63, 3.8) is 0 Å². The number of carbonyl (C=O) groups is 1.